The molecule has 0 bridgehead atoms. The van der Waals surface area contributed by atoms with Gasteiger partial charge in [-0.25, -0.2) is 0 Å². The molecule has 0 aliphatic carbocycles. The fourth-order valence-electron chi connectivity index (χ4n) is 1.90. The molecule has 8 heteroatoms. The fraction of sp³-hybridized carbons (Fsp3) is 0. The van der Waals surface area contributed by atoms with E-state index < -0.39 is 0 Å². The minimum atomic E-state index is -0.379. The second kappa shape index (κ2) is 6.39. The first-order chi connectivity index (χ1) is 11.0. The van der Waals surface area contributed by atoms with Crippen molar-refractivity contribution in [2.45, 2.75) is 0 Å². The molecule has 1 heterocycles. The lowest BCUT2D eigenvalue weighted by molar-refractivity contribution is 0.0948. The summed E-state index contributed by atoms with van der Waals surface area (Å²) in [5.74, 6) is -0.132. The predicted octanol–water partition coefficient (Wildman–Crippen LogP) is 3.71. The van der Waals surface area contributed by atoms with E-state index in [4.69, 9.17) is 17.3 Å². The molecule has 0 atom stereocenters. The summed E-state index contributed by atoms with van der Waals surface area (Å²) in [6.07, 6.45) is 0. The molecule has 0 aliphatic rings. The molecule has 23 heavy (non-hydrogen) atoms. The Kier molecular flexibility index (Phi) is 4.31. The van der Waals surface area contributed by atoms with Crippen LogP contribution in [-0.4, -0.2) is 20.7 Å². The topological polar surface area (TPSA) is 85.8 Å². The van der Waals surface area contributed by atoms with Crippen molar-refractivity contribution in [3.8, 4) is 0 Å². The molecule has 3 rings (SSSR count). The molecule has 6 nitrogen and oxygen atoms in total. The zero-order valence-corrected chi connectivity index (χ0v) is 14.0. The Balaban J connectivity index is 1.84. The van der Waals surface area contributed by atoms with Gasteiger partial charge in [0.05, 0.1) is 0 Å². The number of carbonyl (C=O) groups is 1. The van der Waals surface area contributed by atoms with Crippen molar-refractivity contribution in [1.29, 1.82) is 0 Å². The number of anilines is 3. The van der Waals surface area contributed by atoms with Crippen molar-refractivity contribution in [3.05, 3.63) is 63.6 Å². The van der Waals surface area contributed by atoms with Gasteiger partial charge in [0.25, 0.3) is 5.91 Å². The maximum Gasteiger partial charge on any atom is 0.281 e. The molecule has 3 aromatic rings. The number of nitrogens with two attached hydrogens (primary N) is 1. The summed E-state index contributed by atoms with van der Waals surface area (Å²) in [6.45, 7) is 0. The highest BCUT2D eigenvalue weighted by Crippen LogP contribution is 2.18. The van der Waals surface area contributed by atoms with E-state index >= 15 is 0 Å². The second-order valence-corrected chi connectivity index (χ2v) is 6.00. The summed E-state index contributed by atoms with van der Waals surface area (Å²) >= 11 is 9.17. The van der Waals surface area contributed by atoms with Crippen LogP contribution in [0.5, 0.6) is 0 Å². The number of nitrogens with one attached hydrogen (secondary N) is 1. The normalized spacial score (nSPS) is 10.5. The van der Waals surface area contributed by atoms with Gasteiger partial charge in [0, 0.05) is 20.7 Å². The third kappa shape index (κ3) is 3.52. The Morgan fingerprint density at radius 3 is 2.43 bits per heavy atom. The SMILES string of the molecule is Nc1nc(Nc2ccc(Br)cc2)nn1C(=O)c1ccc(Cl)cc1. The third-order valence-electron chi connectivity index (χ3n) is 3.02. The first-order valence-electron chi connectivity index (χ1n) is 6.58. The van der Waals surface area contributed by atoms with Crippen LogP contribution in [0.4, 0.5) is 17.6 Å². The lowest BCUT2D eigenvalue weighted by atomic mass is 10.2. The van der Waals surface area contributed by atoms with Crippen LogP contribution in [0.15, 0.2) is 53.0 Å². The summed E-state index contributed by atoms with van der Waals surface area (Å²) in [5, 5.41) is 7.64. The van der Waals surface area contributed by atoms with Crippen LogP contribution in [-0.2, 0) is 0 Å². The molecule has 3 N–H and O–H groups in total. The first-order valence-corrected chi connectivity index (χ1v) is 7.75. The quantitative estimate of drug-likeness (QED) is 0.709. The van der Waals surface area contributed by atoms with Gasteiger partial charge >= 0.3 is 0 Å². The maximum atomic E-state index is 12.4. The van der Waals surface area contributed by atoms with E-state index in [0.29, 0.717) is 10.6 Å². The Bertz CT molecular complexity index is 845. The third-order valence-corrected chi connectivity index (χ3v) is 3.80. The molecule has 0 radical (unpaired) electrons. The van der Waals surface area contributed by atoms with Gasteiger partial charge in [-0.3, -0.25) is 4.79 Å². The minimum Gasteiger partial charge on any atom is -0.368 e. The molecular formula is C15H11BrClN5O. The molecule has 0 aliphatic heterocycles. The zero-order valence-electron chi connectivity index (χ0n) is 11.7. The van der Waals surface area contributed by atoms with Crippen molar-refractivity contribution in [1.82, 2.24) is 14.8 Å². The van der Waals surface area contributed by atoms with Crippen LogP contribution in [0.1, 0.15) is 10.4 Å². The number of carbonyl (C=O) groups excluding carboxylic acids is 1. The summed E-state index contributed by atoms with van der Waals surface area (Å²) in [5.41, 5.74) is 6.98. The lowest BCUT2D eigenvalue weighted by Crippen LogP contribution is -2.16. The Morgan fingerprint density at radius 1 is 1.13 bits per heavy atom. The highest BCUT2D eigenvalue weighted by Gasteiger charge is 2.16. The molecule has 116 valence electrons. The van der Waals surface area contributed by atoms with E-state index in [9.17, 15) is 4.79 Å². The Labute approximate surface area is 145 Å². The standard InChI is InChI=1S/C15H11BrClN5O/c16-10-3-7-12(8-4-10)19-15-20-14(18)22(21-15)13(23)9-1-5-11(17)6-2-9/h1-8H,(H3,18,19,20,21). The van der Waals surface area contributed by atoms with E-state index in [0.717, 1.165) is 14.8 Å². The van der Waals surface area contributed by atoms with Crippen LogP contribution in [0.2, 0.25) is 5.02 Å². The van der Waals surface area contributed by atoms with Crippen LogP contribution < -0.4 is 11.1 Å². The predicted molar refractivity (Wildman–Crippen MR) is 93.0 cm³/mol. The second-order valence-electron chi connectivity index (χ2n) is 4.65. The van der Waals surface area contributed by atoms with Gasteiger partial charge in [0.2, 0.25) is 11.9 Å². The Morgan fingerprint density at radius 2 is 1.78 bits per heavy atom. The van der Waals surface area contributed by atoms with Crippen LogP contribution in [0.3, 0.4) is 0 Å². The number of aromatic nitrogens is 3. The number of benzene rings is 2. The number of nitrogens with zero attached hydrogens (tertiary/aromatic N) is 3. The number of hydrogen-bond acceptors (Lipinski definition) is 5. The molecule has 2 aromatic carbocycles. The van der Waals surface area contributed by atoms with Gasteiger partial charge in [0.1, 0.15) is 0 Å². The number of hydrogen-bond donors (Lipinski definition) is 2. The van der Waals surface area contributed by atoms with E-state index in [-0.39, 0.29) is 17.8 Å². The van der Waals surface area contributed by atoms with Gasteiger partial charge in [-0.1, -0.05) is 27.5 Å². The van der Waals surface area contributed by atoms with Crippen molar-refractivity contribution >= 4 is 51.0 Å². The first kappa shape index (κ1) is 15.5. The Hall–Kier alpha value is -2.38. The van der Waals surface area contributed by atoms with E-state index in [1.165, 1.54) is 0 Å². The molecule has 0 saturated carbocycles. The highest BCUT2D eigenvalue weighted by atomic mass is 79.9. The average Bonchev–Trinajstić information content (AvgIpc) is 2.90. The number of rotatable bonds is 3. The summed E-state index contributed by atoms with van der Waals surface area (Å²) in [6, 6.07) is 13.9. The number of nitrogen functional groups attached to an aromatic ring is 1. The smallest absolute Gasteiger partial charge is 0.281 e. The monoisotopic (exact) mass is 391 g/mol. The average molecular weight is 393 g/mol. The van der Waals surface area contributed by atoms with Crippen molar-refractivity contribution in [2.24, 2.45) is 0 Å². The largest absolute Gasteiger partial charge is 0.368 e. The minimum absolute atomic E-state index is 0.00422. The molecular weight excluding hydrogens is 382 g/mol. The van der Waals surface area contributed by atoms with E-state index in [1.807, 2.05) is 24.3 Å². The number of halogens is 2. The van der Waals surface area contributed by atoms with Gasteiger partial charge in [-0.05, 0) is 48.5 Å². The molecule has 0 saturated heterocycles. The molecule has 1 aromatic heterocycles. The van der Waals surface area contributed by atoms with Gasteiger partial charge in [-0.2, -0.15) is 9.67 Å². The van der Waals surface area contributed by atoms with Crippen molar-refractivity contribution in [2.75, 3.05) is 11.1 Å². The fourth-order valence-corrected chi connectivity index (χ4v) is 2.29. The van der Waals surface area contributed by atoms with Crippen LogP contribution in [0, 0.1) is 0 Å². The zero-order chi connectivity index (χ0) is 16.4. The van der Waals surface area contributed by atoms with Crippen molar-refractivity contribution in [3.63, 3.8) is 0 Å². The van der Waals surface area contributed by atoms with E-state index in [2.05, 4.69) is 31.3 Å². The summed E-state index contributed by atoms with van der Waals surface area (Å²) in [4.78, 5) is 16.4. The van der Waals surface area contributed by atoms with Gasteiger partial charge in [-0.15, -0.1) is 5.10 Å². The summed E-state index contributed by atoms with van der Waals surface area (Å²) in [7, 11) is 0. The van der Waals surface area contributed by atoms with E-state index in [1.54, 1.807) is 24.3 Å². The van der Waals surface area contributed by atoms with Gasteiger partial charge in [0.15, 0.2) is 0 Å². The van der Waals surface area contributed by atoms with Crippen LogP contribution >= 0.6 is 27.5 Å². The lowest BCUT2D eigenvalue weighted by Gasteiger charge is -2.02. The summed E-state index contributed by atoms with van der Waals surface area (Å²) < 4.78 is 2.00. The van der Waals surface area contributed by atoms with Gasteiger partial charge < -0.3 is 11.1 Å². The molecule has 0 amide bonds. The highest BCUT2D eigenvalue weighted by molar-refractivity contribution is 9.10. The molecule has 0 fully saturated rings. The molecule has 0 unspecified atom stereocenters. The maximum absolute atomic E-state index is 12.4. The molecule has 0 spiro atoms. The van der Waals surface area contributed by atoms with Crippen molar-refractivity contribution < 1.29 is 4.79 Å². The van der Waals surface area contributed by atoms with Crippen LogP contribution in [0.25, 0.3) is 0 Å².